The molecule has 1 aliphatic heterocycles. The Morgan fingerprint density at radius 3 is 2.31 bits per heavy atom. The van der Waals surface area contributed by atoms with Crippen molar-refractivity contribution in [1.82, 2.24) is 0 Å². The minimum Gasteiger partial charge on any atom is -0.492 e. The molecule has 35 heavy (non-hydrogen) atoms. The van der Waals surface area contributed by atoms with Gasteiger partial charge in [0.15, 0.2) is 0 Å². The molecule has 0 spiro atoms. The summed E-state index contributed by atoms with van der Waals surface area (Å²) in [7, 11) is 0. The maximum Gasteiger partial charge on any atom is 0.127 e. The molecule has 2 heteroatoms. The van der Waals surface area contributed by atoms with Crippen LogP contribution >= 0.6 is 0 Å². The number of ether oxygens (including phenoxy) is 2. The maximum absolute atomic E-state index is 6.68. The molecule has 1 saturated carbocycles. The van der Waals surface area contributed by atoms with Crippen molar-refractivity contribution in [2.24, 2.45) is 17.8 Å². The molecule has 0 amide bonds. The van der Waals surface area contributed by atoms with E-state index in [0.717, 1.165) is 39.0 Å². The van der Waals surface area contributed by atoms with Crippen molar-refractivity contribution >= 4 is 23.4 Å². The summed E-state index contributed by atoms with van der Waals surface area (Å²) in [5, 5.41) is 4.49. The van der Waals surface area contributed by atoms with E-state index in [2.05, 4.69) is 80.3 Å². The number of fused-ring (bicyclic) bond motifs is 5. The molecule has 2 aliphatic rings. The first-order valence-corrected chi connectivity index (χ1v) is 13.4. The quantitative estimate of drug-likeness (QED) is 0.403. The van der Waals surface area contributed by atoms with Gasteiger partial charge in [0.05, 0.1) is 13.2 Å². The SMILES string of the molecule is C=c1ccc2c(c1=CC=CC)-c1c(ccc3ccccc13)OCC(C1CCC(CCC)CC1)CO2. The Morgan fingerprint density at radius 2 is 1.57 bits per heavy atom. The van der Waals surface area contributed by atoms with Crippen molar-refractivity contribution in [3.63, 3.8) is 0 Å². The molecule has 1 aliphatic carbocycles. The van der Waals surface area contributed by atoms with E-state index >= 15 is 0 Å². The van der Waals surface area contributed by atoms with Crippen LogP contribution in [0, 0.1) is 17.8 Å². The smallest absolute Gasteiger partial charge is 0.127 e. The van der Waals surface area contributed by atoms with Gasteiger partial charge in [-0.2, -0.15) is 0 Å². The minimum atomic E-state index is 0.394. The van der Waals surface area contributed by atoms with Crippen LogP contribution in [0.15, 0.2) is 60.7 Å². The number of hydrogen-bond acceptors (Lipinski definition) is 2. The Kier molecular flexibility index (Phi) is 7.27. The second kappa shape index (κ2) is 10.7. The van der Waals surface area contributed by atoms with Gasteiger partial charge in [0, 0.05) is 17.0 Å². The van der Waals surface area contributed by atoms with Gasteiger partial charge < -0.3 is 9.47 Å². The number of rotatable bonds is 4. The van der Waals surface area contributed by atoms with Gasteiger partial charge in [0.25, 0.3) is 0 Å². The maximum atomic E-state index is 6.68. The Hall–Kier alpha value is -3.00. The van der Waals surface area contributed by atoms with Crippen LogP contribution in [0.1, 0.15) is 52.4 Å². The van der Waals surface area contributed by atoms with Crippen LogP contribution in [0.3, 0.4) is 0 Å². The first kappa shape index (κ1) is 23.7. The Balaban J connectivity index is 1.62. The van der Waals surface area contributed by atoms with Crippen molar-refractivity contribution in [2.75, 3.05) is 13.2 Å². The third kappa shape index (κ3) is 4.89. The van der Waals surface area contributed by atoms with E-state index in [4.69, 9.17) is 9.47 Å². The minimum absolute atomic E-state index is 0.394. The zero-order chi connectivity index (χ0) is 24.2. The average molecular weight is 467 g/mol. The molecule has 2 nitrogen and oxygen atoms in total. The van der Waals surface area contributed by atoms with Crippen LogP contribution in [-0.4, -0.2) is 13.2 Å². The Labute approximate surface area is 210 Å². The van der Waals surface area contributed by atoms with Crippen molar-refractivity contribution in [1.29, 1.82) is 0 Å². The topological polar surface area (TPSA) is 18.5 Å². The van der Waals surface area contributed by atoms with Crippen LogP contribution in [0.4, 0.5) is 0 Å². The molecule has 3 aromatic carbocycles. The molecule has 0 bridgehead atoms. The van der Waals surface area contributed by atoms with Gasteiger partial charge in [0.2, 0.25) is 0 Å². The lowest BCUT2D eigenvalue weighted by atomic mass is 9.75. The van der Waals surface area contributed by atoms with Crippen molar-refractivity contribution < 1.29 is 9.47 Å². The van der Waals surface area contributed by atoms with E-state index in [1.54, 1.807) is 0 Å². The molecule has 0 N–H and O–H groups in total. The summed E-state index contributed by atoms with van der Waals surface area (Å²) < 4.78 is 13.4. The Morgan fingerprint density at radius 1 is 0.857 bits per heavy atom. The normalized spacial score (nSPS) is 23.0. The van der Waals surface area contributed by atoms with Crippen LogP contribution in [0.2, 0.25) is 0 Å². The van der Waals surface area contributed by atoms with Gasteiger partial charge >= 0.3 is 0 Å². The first-order chi connectivity index (χ1) is 17.2. The van der Waals surface area contributed by atoms with Crippen molar-refractivity contribution in [3.05, 3.63) is 71.1 Å². The van der Waals surface area contributed by atoms with Crippen LogP contribution in [-0.2, 0) is 0 Å². The molecule has 182 valence electrons. The summed E-state index contributed by atoms with van der Waals surface area (Å²) in [4.78, 5) is 0. The molecular formula is C33H38O2. The van der Waals surface area contributed by atoms with Gasteiger partial charge in [-0.15, -0.1) is 0 Å². The lowest BCUT2D eigenvalue weighted by Gasteiger charge is -2.33. The molecule has 0 saturated heterocycles. The van der Waals surface area contributed by atoms with Crippen molar-refractivity contribution in [2.45, 2.75) is 52.4 Å². The first-order valence-electron chi connectivity index (χ1n) is 13.4. The second-order valence-corrected chi connectivity index (χ2v) is 10.3. The summed E-state index contributed by atoms with van der Waals surface area (Å²) >= 11 is 0. The summed E-state index contributed by atoms with van der Waals surface area (Å²) in [5.41, 5.74) is 2.21. The molecule has 1 heterocycles. The fourth-order valence-corrected chi connectivity index (χ4v) is 6.10. The lowest BCUT2D eigenvalue weighted by molar-refractivity contribution is 0.0982. The molecule has 1 atom stereocenters. The van der Waals surface area contributed by atoms with E-state index in [9.17, 15) is 0 Å². The molecule has 0 aromatic heterocycles. The summed E-state index contributed by atoms with van der Waals surface area (Å²) in [5.74, 6) is 3.84. The molecule has 1 unspecified atom stereocenters. The highest BCUT2D eigenvalue weighted by Gasteiger charge is 2.30. The van der Waals surface area contributed by atoms with E-state index in [1.165, 1.54) is 49.3 Å². The predicted octanol–water partition coefficient (Wildman–Crippen LogP) is 7.27. The van der Waals surface area contributed by atoms with Crippen LogP contribution in [0.5, 0.6) is 11.5 Å². The predicted molar refractivity (Wildman–Crippen MR) is 148 cm³/mol. The van der Waals surface area contributed by atoms with Gasteiger partial charge in [-0.05, 0) is 64.9 Å². The highest BCUT2D eigenvalue weighted by molar-refractivity contribution is 6.01. The summed E-state index contributed by atoms with van der Waals surface area (Å²) in [6, 6.07) is 17.1. The van der Waals surface area contributed by atoms with Crippen LogP contribution in [0.25, 0.3) is 34.6 Å². The van der Waals surface area contributed by atoms with Gasteiger partial charge in [-0.3, -0.25) is 0 Å². The standard InChI is InChI=1S/C33H38O2/c1-4-6-11-28-23(3)13-19-30-32(28)33-29-12-8-7-10-26(29)18-20-31(33)35-22-27(21-34-30)25-16-14-24(9-5-2)15-17-25/h4,6-8,10-13,18-20,24-25,27H,3,5,9,14-17,21-22H2,1-2H3. The third-order valence-corrected chi connectivity index (χ3v) is 8.05. The monoisotopic (exact) mass is 466 g/mol. The van der Waals surface area contributed by atoms with E-state index in [0.29, 0.717) is 25.0 Å². The van der Waals surface area contributed by atoms with E-state index in [1.807, 2.05) is 6.92 Å². The van der Waals surface area contributed by atoms with Crippen molar-refractivity contribution in [3.8, 4) is 22.6 Å². The zero-order valence-electron chi connectivity index (χ0n) is 21.3. The molecule has 5 rings (SSSR count). The van der Waals surface area contributed by atoms with E-state index in [-0.39, 0.29) is 0 Å². The average Bonchev–Trinajstić information content (AvgIpc) is 2.97. The summed E-state index contributed by atoms with van der Waals surface area (Å²) in [6.45, 7) is 10.1. The summed E-state index contributed by atoms with van der Waals surface area (Å²) in [6.07, 6.45) is 14.2. The van der Waals surface area contributed by atoms with Gasteiger partial charge in [-0.1, -0.05) is 93.8 Å². The lowest BCUT2D eigenvalue weighted by Crippen LogP contribution is -2.31. The number of benzene rings is 3. The van der Waals surface area contributed by atoms with Gasteiger partial charge in [0.1, 0.15) is 11.5 Å². The Bertz CT molecular complexity index is 1310. The third-order valence-electron chi connectivity index (χ3n) is 8.05. The number of hydrogen-bond donors (Lipinski definition) is 0. The highest BCUT2D eigenvalue weighted by atomic mass is 16.5. The molecule has 3 aromatic rings. The van der Waals surface area contributed by atoms with Crippen LogP contribution < -0.4 is 19.9 Å². The van der Waals surface area contributed by atoms with E-state index < -0.39 is 0 Å². The zero-order valence-corrected chi connectivity index (χ0v) is 21.3. The molecule has 0 radical (unpaired) electrons. The van der Waals surface area contributed by atoms with Gasteiger partial charge in [-0.25, -0.2) is 0 Å². The molecule has 1 fully saturated rings. The number of allylic oxidation sites excluding steroid dienone is 2. The highest BCUT2D eigenvalue weighted by Crippen LogP contribution is 2.42. The fourth-order valence-electron chi connectivity index (χ4n) is 6.10. The largest absolute Gasteiger partial charge is 0.492 e. The molecular weight excluding hydrogens is 428 g/mol. The fraction of sp³-hybridized carbons (Fsp3) is 0.394. The second-order valence-electron chi connectivity index (χ2n) is 10.3.